The molecule has 2 aromatic heterocycles. The molecule has 1 amide bonds. The molecule has 45 heavy (non-hydrogen) atoms. The number of nitrogens with zero attached hydrogens (tertiary/aromatic N) is 3. The van der Waals surface area contributed by atoms with Crippen molar-refractivity contribution in [2.24, 2.45) is 5.92 Å². The summed E-state index contributed by atoms with van der Waals surface area (Å²) in [5, 5.41) is 7.43. The quantitative estimate of drug-likeness (QED) is 0.274. The molecule has 1 saturated heterocycles. The number of rotatable bonds is 8. The van der Waals surface area contributed by atoms with Crippen molar-refractivity contribution in [1.29, 1.82) is 0 Å². The Morgan fingerprint density at radius 1 is 1.09 bits per heavy atom. The minimum absolute atomic E-state index is 0.145. The largest absolute Gasteiger partial charge is 0.495 e. The Balaban J connectivity index is 1.56. The summed E-state index contributed by atoms with van der Waals surface area (Å²) >= 11 is 13.4. The van der Waals surface area contributed by atoms with Crippen LogP contribution in [0.3, 0.4) is 0 Å². The van der Waals surface area contributed by atoms with Gasteiger partial charge >= 0.3 is 6.09 Å². The number of methoxy groups -OCH3 is 2. The van der Waals surface area contributed by atoms with E-state index in [0.717, 1.165) is 25.7 Å². The smallest absolute Gasteiger partial charge is 0.408 e. The number of ether oxygens (including phenoxy) is 4. The standard InChI is InChI=1S/C32H41Cl2N5O6/c1-16(2)39-28-18(12-19(29(39)40)23-24(33)21(42-6)13-22(43-7)25(23)34)14-35-30(38-28)37-26-20(36-31(41)45-32(3,4)5)15-44-27(26)17-10-8-9-11-17/h12-14,16-17,20,26-27H,8-11,15H2,1-7H3,(H,36,41)(H,35,37,38)/t20-,26-,27?/m0/s1. The van der Waals surface area contributed by atoms with Crippen molar-refractivity contribution in [3.63, 3.8) is 0 Å². The van der Waals surface area contributed by atoms with Gasteiger partial charge in [-0.05, 0) is 59.4 Å². The highest BCUT2D eigenvalue weighted by Crippen LogP contribution is 2.45. The van der Waals surface area contributed by atoms with Gasteiger partial charge in [-0.3, -0.25) is 9.36 Å². The van der Waals surface area contributed by atoms with E-state index < -0.39 is 11.7 Å². The number of fused-ring (bicyclic) bond motifs is 1. The summed E-state index contributed by atoms with van der Waals surface area (Å²) in [6, 6.07) is 2.31. The van der Waals surface area contributed by atoms with E-state index in [9.17, 15) is 9.59 Å². The Morgan fingerprint density at radius 3 is 2.31 bits per heavy atom. The predicted octanol–water partition coefficient (Wildman–Crippen LogP) is 6.63. The Hall–Kier alpha value is -3.28. The maximum atomic E-state index is 14.1. The second-order valence-electron chi connectivity index (χ2n) is 12.8. The number of amides is 1. The van der Waals surface area contributed by atoms with E-state index in [-0.39, 0.29) is 45.4 Å². The first-order chi connectivity index (χ1) is 21.3. The van der Waals surface area contributed by atoms with Gasteiger partial charge in [0.15, 0.2) is 0 Å². The Kier molecular flexibility index (Phi) is 9.72. The van der Waals surface area contributed by atoms with E-state index in [1.54, 1.807) is 22.9 Å². The Bertz CT molecular complexity index is 1600. The Morgan fingerprint density at radius 2 is 1.73 bits per heavy atom. The van der Waals surface area contributed by atoms with Crippen molar-refractivity contribution in [1.82, 2.24) is 19.9 Å². The van der Waals surface area contributed by atoms with Crippen molar-refractivity contribution in [3.05, 3.63) is 38.7 Å². The van der Waals surface area contributed by atoms with Gasteiger partial charge in [0.05, 0.1) is 54.6 Å². The van der Waals surface area contributed by atoms with Gasteiger partial charge in [-0.15, -0.1) is 0 Å². The minimum Gasteiger partial charge on any atom is -0.495 e. The number of carbonyl (C=O) groups excluding carboxylic acids is 1. The third-order valence-corrected chi connectivity index (χ3v) is 9.00. The molecule has 2 fully saturated rings. The monoisotopic (exact) mass is 661 g/mol. The maximum absolute atomic E-state index is 14.1. The normalized spacial score (nSPS) is 20.5. The van der Waals surface area contributed by atoms with E-state index in [2.05, 4.69) is 15.6 Å². The first kappa shape index (κ1) is 33.1. The zero-order valence-electron chi connectivity index (χ0n) is 26.7. The number of hydrogen-bond acceptors (Lipinski definition) is 9. The minimum atomic E-state index is -0.636. The van der Waals surface area contributed by atoms with Crippen molar-refractivity contribution >= 4 is 46.3 Å². The van der Waals surface area contributed by atoms with E-state index >= 15 is 0 Å². The summed E-state index contributed by atoms with van der Waals surface area (Å²) in [4.78, 5) is 36.3. The molecular weight excluding hydrogens is 621 g/mol. The van der Waals surface area contributed by atoms with Gasteiger partial charge in [-0.2, -0.15) is 4.98 Å². The highest BCUT2D eigenvalue weighted by atomic mass is 35.5. The number of pyridine rings is 1. The molecule has 13 heteroatoms. The van der Waals surface area contributed by atoms with E-state index in [1.165, 1.54) is 14.2 Å². The molecule has 11 nitrogen and oxygen atoms in total. The van der Waals surface area contributed by atoms with Gasteiger partial charge in [0.2, 0.25) is 5.95 Å². The van der Waals surface area contributed by atoms with Crippen LogP contribution in [0.15, 0.2) is 23.1 Å². The zero-order chi connectivity index (χ0) is 32.6. The van der Waals surface area contributed by atoms with Crippen LogP contribution in [0.1, 0.15) is 66.3 Å². The number of nitrogens with one attached hydrogen (secondary N) is 2. The molecule has 1 aliphatic heterocycles. The van der Waals surface area contributed by atoms with E-state index in [1.807, 2.05) is 34.6 Å². The first-order valence-corrected chi connectivity index (χ1v) is 16.0. The number of alkyl carbamates (subject to hydrolysis) is 1. The molecule has 1 aromatic carbocycles. The van der Waals surface area contributed by atoms with Gasteiger partial charge in [-0.1, -0.05) is 36.0 Å². The highest BCUT2D eigenvalue weighted by Gasteiger charge is 2.44. The molecule has 1 saturated carbocycles. The lowest BCUT2D eigenvalue weighted by Gasteiger charge is -2.29. The number of benzene rings is 1. The molecule has 5 rings (SSSR count). The lowest BCUT2D eigenvalue weighted by molar-refractivity contribution is 0.0478. The molecule has 2 aliphatic rings. The summed E-state index contributed by atoms with van der Waals surface area (Å²) in [5.41, 5.74) is 0.0318. The first-order valence-electron chi connectivity index (χ1n) is 15.2. The molecule has 3 aromatic rings. The van der Waals surface area contributed by atoms with Crippen LogP contribution >= 0.6 is 23.2 Å². The van der Waals surface area contributed by atoms with Crippen molar-refractivity contribution in [2.75, 3.05) is 26.1 Å². The van der Waals surface area contributed by atoms with Crippen molar-refractivity contribution in [3.8, 4) is 22.6 Å². The van der Waals surface area contributed by atoms with Crippen LogP contribution in [0.4, 0.5) is 10.7 Å². The molecule has 244 valence electrons. The molecule has 2 N–H and O–H groups in total. The molecule has 1 aliphatic carbocycles. The fourth-order valence-corrected chi connectivity index (χ4v) is 6.96. The summed E-state index contributed by atoms with van der Waals surface area (Å²) in [5.74, 6) is 1.31. The van der Waals surface area contributed by atoms with Crippen LogP contribution in [0.2, 0.25) is 10.0 Å². The van der Waals surface area contributed by atoms with Crippen LogP contribution in [-0.4, -0.2) is 65.2 Å². The van der Waals surface area contributed by atoms with Crippen LogP contribution < -0.4 is 25.7 Å². The average Bonchev–Trinajstić information content (AvgIpc) is 3.63. The van der Waals surface area contributed by atoms with Gasteiger partial charge < -0.3 is 29.6 Å². The SMILES string of the molecule is COc1cc(OC)c(Cl)c(-c2cc3cnc(N[C@@H]4C(C5CCCC5)OC[C@@H]4NC(=O)OC(C)(C)C)nc3n(C(C)C)c2=O)c1Cl. The van der Waals surface area contributed by atoms with Gasteiger partial charge in [0.25, 0.3) is 5.56 Å². The highest BCUT2D eigenvalue weighted by molar-refractivity contribution is 6.41. The number of hydrogen-bond donors (Lipinski definition) is 2. The lowest BCUT2D eigenvalue weighted by Crippen LogP contribution is -2.50. The second kappa shape index (κ2) is 13.2. The van der Waals surface area contributed by atoms with E-state index in [0.29, 0.717) is 46.6 Å². The molecule has 3 atom stereocenters. The van der Waals surface area contributed by atoms with E-state index in [4.69, 9.17) is 47.1 Å². The van der Waals surface area contributed by atoms with Crippen LogP contribution in [0, 0.1) is 5.92 Å². The third kappa shape index (κ3) is 6.80. The molecule has 3 heterocycles. The summed E-state index contributed by atoms with van der Waals surface area (Å²) in [6.07, 6.45) is 5.39. The Labute approximate surface area is 272 Å². The predicted molar refractivity (Wildman–Crippen MR) is 175 cm³/mol. The van der Waals surface area contributed by atoms with Crippen LogP contribution in [-0.2, 0) is 9.47 Å². The van der Waals surface area contributed by atoms with Crippen molar-refractivity contribution < 1.29 is 23.7 Å². The average molecular weight is 663 g/mol. The number of aromatic nitrogens is 3. The molecule has 0 bridgehead atoms. The summed E-state index contributed by atoms with van der Waals surface area (Å²) in [7, 11) is 2.96. The zero-order valence-corrected chi connectivity index (χ0v) is 28.2. The fraction of sp³-hybridized carbons (Fsp3) is 0.562. The number of carbonyl (C=O) groups is 1. The topological polar surface area (TPSA) is 126 Å². The molecule has 0 spiro atoms. The van der Waals surface area contributed by atoms with Gasteiger partial charge in [-0.25, -0.2) is 9.78 Å². The summed E-state index contributed by atoms with van der Waals surface area (Å²) in [6.45, 7) is 9.60. The summed E-state index contributed by atoms with van der Waals surface area (Å²) < 4.78 is 24.3. The van der Waals surface area contributed by atoms with Gasteiger partial charge in [0.1, 0.15) is 22.7 Å². The third-order valence-electron chi connectivity index (χ3n) is 8.25. The second-order valence-corrected chi connectivity index (χ2v) is 13.6. The molecule has 1 unspecified atom stereocenters. The lowest BCUT2D eigenvalue weighted by atomic mass is 9.93. The van der Waals surface area contributed by atoms with Crippen molar-refractivity contribution in [2.45, 2.75) is 90.1 Å². The molecule has 0 radical (unpaired) electrons. The number of halogens is 2. The maximum Gasteiger partial charge on any atom is 0.408 e. The molecular formula is C32H41Cl2N5O6. The van der Waals surface area contributed by atoms with Gasteiger partial charge in [0, 0.05) is 29.3 Å². The fourth-order valence-electron chi connectivity index (χ4n) is 6.26. The van der Waals surface area contributed by atoms with Crippen LogP contribution in [0.5, 0.6) is 11.5 Å². The number of anilines is 1. The van der Waals surface area contributed by atoms with Crippen LogP contribution in [0.25, 0.3) is 22.2 Å².